The summed E-state index contributed by atoms with van der Waals surface area (Å²) in [7, 11) is 3.20. The van der Waals surface area contributed by atoms with Gasteiger partial charge in [-0.3, -0.25) is 4.79 Å². The summed E-state index contributed by atoms with van der Waals surface area (Å²) in [5.41, 5.74) is 2.59. The number of ether oxygens (including phenoxy) is 2. The van der Waals surface area contributed by atoms with E-state index in [1.54, 1.807) is 14.2 Å². The van der Waals surface area contributed by atoms with E-state index in [0.717, 1.165) is 11.1 Å². The highest BCUT2D eigenvalue weighted by Crippen LogP contribution is 2.27. The maximum Gasteiger partial charge on any atom is 0.254 e. The third-order valence-corrected chi connectivity index (χ3v) is 4.35. The first-order valence-electron chi connectivity index (χ1n) is 9.28. The van der Waals surface area contributed by atoms with Crippen LogP contribution in [0.25, 0.3) is 0 Å². The first-order chi connectivity index (χ1) is 14.2. The third-order valence-electron chi connectivity index (χ3n) is 4.35. The summed E-state index contributed by atoms with van der Waals surface area (Å²) >= 11 is 0. The lowest BCUT2D eigenvalue weighted by atomic mass is 10.1. The number of hydrogen-bond donors (Lipinski definition) is 2. The van der Waals surface area contributed by atoms with Crippen LogP contribution in [0.4, 0.5) is 5.95 Å². The van der Waals surface area contributed by atoms with Gasteiger partial charge in [-0.1, -0.05) is 36.4 Å². The number of methoxy groups -OCH3 is 2. The van der Waals surface area contributed by atoms with Gasteiger partial charge in [0.25, 0.3) is 5.91 Å². The fraction of sp³-hybridized carbons (Fsp3) is 0.227. The summed E-state index contributed by atoms with van der Waals surface area (Å²) in [4.78, 5) is 20.7. The number of nitrogens with one attached hydrogen (secondary N) is 2. The van der Waals surface area contributed by atoms with E-state index in [9.17, 15) is 4.79 Å². The molecule has 1 heterocycles. The number of carbonyl (C=O) groups is 1. The van der Waals surface area contributed by atoms with Crippen LogP contribution in [-0.2, 0) is 13.0 Å². The maximum atomic E-state index is 12.3. The Hall–Kier alpha value is -3.61. The Balaban J connectivity index is 1.48. The zero-order valence-electron chi connectivity index (χ0n) is 16.5. The van der Waals surface area contributed by atoms with Crippen LogP contribution in [0.3, 0.4) is 0 Å². The molecule has 7 nitrogen and oxygen atoms in total. The summed E-state index contributed by atoms with van der Waals surface area (Å²) in [5.74, 6) is 1.62. The van der Waals surface area contributed by atoms with Gasteiger partial charge in [-0.15, -0.1) is 0 Å². The Morgan fingerprint density at radius 2 is 1.66 bits per heavy atom. The van der Waals surface area contributed by atoms with Crippen LogP contribution in [0.5, 0.6) is 11.5 Å². The number of hydrogen-bond acceptors (Lipinski definition) is 6. The Kier molecular flexibility index (Phi) is 7.00. The second-order valence-electron chi connectivity index (χ2n) is 6.33. The van der Waals surface area contributed by atoms with Crippen molar-refractivity contribution in [1.29, 1.82) is 0 Å². The van der Waals surface area contributed by atoms with E-state index in [4.69, 9.17) is 9.47 Å². The molecule has 0 radical (unpaired) electrons. The molecule has 3 rings (SSSR count). The molecule has 0 spiro atoms. The van der Waals surface area contributed by atoms with Gasteiger partial charge < -0.3 is 20.1 Å². The molecule has 7 heteroatoms. The Labute approximate surface area is 170 Å². The van der Waals surface area contributed by atoms with Gasteiger partial charge in [-0.25, -0.2) is 9.97 Å². The number of anilines is 1. The molecule has 2 aromatic carbocycles. The summed E-state index contributed by atoms with van der Waals surface area (Å²) in [5, 5.41) is 6.02. The fourth-order valence-corrected chi connectivity index (χ4v) is 2.77. The van der Waals surface area contributed by atoms with Gasteiger partial charge in [0.05, 0.1) is 19.8 Å². The van der Waals surface area contributed by atoms with E-state index in [0.29, 0.717) is 42.5 Å². The minimum absolute atomic E-state index is 0.208. The van der Waals surface area contributed by atoms with Crippen LogP contribution in [0.2, 0.25) is 0 Å². The smallest absolute Gasteiger partial charge is 0.254 e. The Morgan fingerprint density at radius 1 is 0.931 bits per heavy atom. The molecule has 0 aliphatic heterocycles. The van der Waals surface area contributed by atoms with Crippen LogP contribution in [0.15, 0.2) is 60.9 Å². The van der Waals surface area contributed by atoms with Crippen molar-refractivity contribution in [2.75, 3.05) is 26.1 Å². The van der Waals surface area contributed by atoms with Gasteiger partial charge in [0.15, 0.2) is 11.5 Å². The molecule has 0 bridgehead atoms. The average molecular weight is 392 g/mol. The lowest BCUT2D eigenvalue weighted by molar-refractivity contribution is 0.0953. The van der Waals surface area contributed by atoms with E-state index in [1.807, 2.05) is 48.5 Å². The summed E-state index contributed by atoms with van der Waals surface area (Å²) < 4.78 is 10.5. The van der Waals surface area contributed by atoms with Crippen LogP contribution in [0.1, 0.15) is 21.5 Å². The number of rotatable bonds is 9. The van der Waals surface area contributed by atoms with Gasteiger partial charge in [-0.2, -0.15) is 0 Å². The molecule has 29 heavy (non-hydrogen) atoms. The van der Waals surface area contributed by atoms with E-state index in [-0.39, 0.29) is 5.91 Å². The SMILES string of the molecule is COc1ccc(CCNC(=O)c2cnc(NCc3ccccc3)nc2)cc1OC. The molecule has 0 unspecified atom stereocenters. The lowest BCUT2D eigenvalue weighted by Gasteiger charge is -2.10. The summed E-state index contributed by atoms with van der Waals surface area (Å²) in [6.07, 6.45) is 3.71. The first-order valence-corrected chi connectivity index (χ1v) is 9.28. The molecule has 2 N–H and O–H groups in total. The van der Waals surface area contributed by atoms with Crippen molar-refractivity contribution in [3.8, 4) is 11.5 Å². The number of benzene rings is 2. The van der Waals surface area contributed by atoms with Gasteiger partial charge in [-0.05, 0) is 29.7 Å². The minimum Gasteiger partial charge on any atom is -0.493 e. The highest BCUT2D eigenvalue weighted by molar-refractivity contribution is 5.93. The van der Waals surface area contributed by atoms with Crippen LogP contribution in [0, 0.1) is 0 Å². The number of nitrogens with zero attached hydrogens (tertiary/aromatic N) is 2. The molecule has 3 aromatic rings. The molecule has 0 aliphatic carbocycles. The van der Waals surface area contributed by atoms with Gasteiger partial charge >= 0.3 is 0 Å². The first kappa shape index (κ1) is 20.1. The van der Waals surface area contributed by atoms with Crippen molar-refractivity contribution in [3.63, 3.8) is 0 Å². The molecular weight excluding hydrogens is 368 g/mol. The monoisotopic (exact) mass is 392 g/mol. The zero-order valence-corrected chi connectivity index (χ0v) is 16.5. The second-order valence-corrected chi connectivity index (χ2v) is 6.33. The van der Waals surface area contributed by atoms with Gasteiger partial charge in [0, 0.05) is 25.5 Å². The highest BCUT2D eigenvalue weighted by atomic mass is 16.5. The van der Waals surface area contributed by atoms with Crippen molar-refractivity contribution in [2.45, 2.75) is 13.0 Å². The maximum absolute atomic E-state index is 12.3. The van der Waals surface area contributed by atoms with E-state index in [1.165, 1.54) is 12.4 Å². The predicted molar refractivity (Wildman–Crippen MR) is 111 cm³/mol. The normalized spacial score (nSPS) is 10.3. The second kappa shape index (κ2) is 10.1. The quantitative estimate of drug-likeness (QED) is 0.582. The standard InChI is InChI=1S/C22H24N4O3/c1-28-19-9-8-16(12-20(19)29-2)10-11-23-21(27)18-14-25-22(26-15-18)24-13-17-6-4-3-5-7-17/h3-9,12,14-15H,10-11,13H2,1-2H3,(H,23,27)(H,24,25,26). The minimum atomic E-state index is -0.208. The molecule has 150 valence electrons. The van der Waals surface area contributed by atoms with Crippen molar-refractivity contribution in [2.24, 2.45) is 0 Å². The zero-order chi connectivity index (χ0) is 20.5. The predicted octanol–water partition coefficient (Wildman–Crippen LogP) is 3.08. The summed E-state index contributed by atoms with van der Waals surface area (Å²) in [6, 6.07) is 15.7. The molecule has 0 atom stereocenters. The number of amides is 1. The molecule has 0 saturated carbocycles. The average Bonchev–Trinajstić information content (AvgIpc) is 2.78. The highest BCUT2D eigenvalue weighted by Gasteiger charge is 2.08. The van der Waals surface area contributed by atoms with Crippen LogP contribution in [-0.4, -0.2) is 36.6 Å². The third kappa shape index (κ3) is 5.68. The van der Waals surface area contributed by atoms with Crippen molar-refractivity contribution in [3.05, 3.63) is 77.6 Å². The van der Waals surface area contributed by atoms with Gasteiger partial charge in [0.2, 0.25) is 5.95 Å². The van der Waals surface area contributed by atoms with Gasteiger partial charge in [0.1, 0.15) is 0 Å². The number of aromatic nitrogens is 2. The molecule has 0 saturated heterocycles. The fourth-order valence-electron chi connectivity index (χ4n) is 2.77. The Morgan fingerprint density at radius 3 is 2.34 bits per heavy atom. The Bertz CT molecular complexity index is 931. The topological polar surface area (TPSA) is 85.4 Å². The van der Waals surface area contributed by atoms with Crippen LogP contribution >= 0.6 is 0 Å². The van der Waals surface area contributed by atoms with Crippen LogP contribution < -0.4 is 20.1 Å². The van der Waals surface area contributed by atoms with Crippen molar-refractivity contribution < 1.29 is 14.3 Å². The molecule has 0 fully saturated rings. The number of carbonyl (C=O) groups excluding carboxylic acids is 1. The van der Waals surface area contributed by atoms with E-state index >= 15 is 0 Å². The van der Waals surface area contributed by atoms with Crippen molar-refractivity contribution in [1.82, 2.24) is 15.3 Å². The molecule has 0 aliphatic rings. The van der Waals surface area contributed by atoms with Crippen molar-refractivity contribution >= 4 is 11.9 Å². The van der Waals surface area contributed by atoms with E-state index < -0.39 is 0 Å². The van der Waals surface area contributed by atoms with E-state index in [2.05, 4.69) is 20.6 Å². The molecule has 1 amide bonds. The summed E-state index contributed by atoms with van der Waals surface area (Å²) in [6.45, 7) is 1.11. The molecular formula is C22H24N4O3. The largest absolute Gasteiger partial charge is 0.493 e. The molecule has 1 aromatic heterocycles. The lowest BCUT2D eigenvalue weighted by Crippen LogP contribution is -2.26.